The van der Waals surface area contributed by atoms with E-state index >= 15 is 0 Å². The molecule has 4 heteroatoms. The number of hydrogen-bond acceptors (Lipinski definition) is 2. The van der Waals surface area contributed by atoms with E-state index in [0.29, 0.717) is 0 Å². The van der Waals surface area contributed by atoms with Gasteiger partial charge in [0.15, 0.2) is 0 Å². The highest BCUT2D eigenvalue weighted by Gasteiger charge is 2.09. The number of rotatable bonds is 4. The maximum atomic E-state index is 4.64. The average molecular weight is 254 g/mol. The Hall–Kier alpha value is -2.07. The number of aryl methyl sites for hydroxylation is 1. The molecule has 98 valence electrons. The highest BCUT2D eigenvalue weighted by atomic mass is 15.3. The van der Waals surface area contributed by atoms with Crippen molar-refractivity contribution in [3.05, 3.63) is 54.0 Å². The zero-order chi connectivity index (χ0) is 13.2. The first kappa shape index (κ1) is 12.0. The average Bonchev–Trinajstić information content (AvgIpc) is 2.98. The molecule has 2 aromatic heterocycles. The molecule has 0 aliphatic carbocycles. The lowest BCUT2D eigenvalue weighted by atomic mass is 10.2. The van der Waals surface area contributed by atoms with Crippen molar-refractivity contribution in [1.82, 2.24) is 19.7 Å². The van der Waals surface area contributed by atoms with Crippen LogP contribution in [-0.4, -0.2) is 21.4 Å². The minimum Gasteiger partial charge on any atom is -0.344 e. The van der Waals surface area contributed by atoms with E-state index in [0.717, 1.165) is 18.8 Å². The maximum Gasteiger partial charge on any atom is 0.0900 e. The number of hydrogen-bond donors (Lipinski definition) is 1. The van der Waals surface area contributed by atoms with Crippen LogP contribution in [0.25, 0.3) is 10.9 Å². The Labute approximate surface area is 112 Å². The lowest BCUT2D eigenvalue weighted by molar-refractivity contribution is 0.670. The third-order valence-corrected chi connectivity index (χ3v) is 3.44. The molecule has 0 bridgehead atoms. The van der Waals surface area contributed by atoms with Crippen LogP contribution in [0, 0.1) is 0 Å². The summed E-state index contributed by atoms with van der Waals surface area (Å²) in [5, 5.41) is 9.06. The molecule has 2 heterocycles. The van der Waals surface area contributed by atoms with E-state index < -0.39 is 0 Å². The molecule has 0 unspecified atom stereocenters. The van der Waals surface area contributed by atoms with Gasteiger partial charge < -0.3 is 9.88 Å². The Kier molecular flexibility index (Phi) is 3.09. The number of nitrogens with zero attached hydrogens (tertiary/aromatic N) is 3. The van der Waals surface area contributed by atoms with Crippen LogP contribution in [0.3, 0.4) is 0 Å². The fourth-order valence-electron chi connectivity index (χ4n) is 2.51. The molecule has 0 saturated heterocycles. The van der Waals surface area contributed by atoms with Crippen LogP contribution in [0.1, 0.15) is 11.4 Å². The second-order valence-corrected chi connectivity index (χ2v) is 4.75. The van der Waals surface area contributed by atoms with Crippen LogP contribution >= 0.6 is 0 Å². The Morgan fingerprint density at radius 3 is 2.84 bits per heavy atom. The number of aromatic nitrogens is 3. The van der Waals surface area contributed by atoms with Crippen molar-refractivity contribution >= 4 is 10.9 Å². The van der Waals surface area contributed by atoms with E-state index in [4.69, 9.17) is 0 Å². The fraction of sp³-hybridized carbons (Fsp3) is 0.267. The number of para-hydroxylation sites is 1. The number of fused-ring (bicyclic) bond motifs is 1. The molecule has 0 radical (unpaired) electrons. The van der Waals surface area contributed by atoms with E-state index in [1.807, 2.05) is 18.8 Å². The number of nitrogens with one attached hydrogen (secondary N) is 1. The van der Waals surface area contributed by atoms with Crippen LogP contribution in [0.2, 0.25) is 0 Å². The van der Waals surface area contributed by atoms with Crippen molar-refractivity contribution in [2.45, 2.75) is 13.1 Å². The fourth-order valence-corrected chi connectivity index (χ4v) is 2.51. The summed E-state index contributed by atoms with van der Waals surface area (Å²) in [7, 11) is 3.96. The van der Waals surface area contributed by atoms with Gasteiger partial charge in [-0.3, -0.25) is 4.68 Å². The van der Waals surface area contributed by atoms with Gasteiger partial charge >= 0.3 is 0 Å². The van der Waals surface area contributed by atoms with Gasteiger partial charge in [0.05, 0.1) is 17.8 Å². The van der Waals surface area contributed by atoms with Crippen molar-refractivity contribution in [3.63, 3.8) is 0 Å². The minimum absolute atomic E-state index is 0.811. The highest BCUT2D eigenvalue weighted by Crippen LogP contribution is 2.19. The van der Waals surface area contributed by atoms with E-state index in [-0.39, 0.29) is 0 Å². The van der Waals surface area contributed by atoms with Gasteiger partial charge in [0, 0.05) is 30.9 Å². The first-order valence-corrected chi connectivity index (χ1v) is 6.49. The third kappa shape index (κ3) is 2.15. The van der Waals surface area contributed by atoms with Crippen LogP contribution in [-0.2, 0) is 20.1 Å². The summed E-state index contributed by atoms with van der Waals surface area (Å²) in [6.45, 7) is 1.68. The summed E-state index contributed by atoms with van der Waals surface area (Å²) in [6.07, 6.45) is 2.11. The van der Waals surface area contributed by atoms with Gasteiger partial charge in [-0.1, -0.05) is 18.2 Å². The Bertz CT molecular complexity index is 693. The van der Waals surface area contributed by atoms with Crippen molar-refractivity contribution in [2.24, 2.45) is 7.05 Å². The molecule has 0 spiro atoms. The highest BCUT2D eigenvalue weighted by molar-refractivity contribution is 5.81. The molecule has 1 aromatic carbocycles. The van der Waals surface area contributed by atoms with E-state index in [2.05, 4.69) is 57.6 Å². The molecule has 0 aliphatic heterocycles. The molecule has 0 fully saturated rings. The molecule has 3 aromatic rings. The molecule has 4 nitrogen and oxygen atoms in total. The summed E-state index contributed by atoms with van der Waals surface area (Å²) in [4.78, 5) is 0. The standard InChI is InChI=1S/C15H18N4/c1-16-10-12-6-5-9-19(12)11-14-13-7-3-4-8-15(13)18(2)17-14/h3-9,16H,10-11H2,1-2H3. The Morgan fingerprint density at radius 1 is 1.16 bits per heavy atom. The second kappa shape index (κ2) is 4.90. The topological polar surface area (TPSA) is 34.8 Å². The van der Waals surface area contributed by atoms with E-state index in [9.17, 15) is 0 Å². The van der Waals surface area contributed by atoms with Gasteiger partial charge in [-0.05, 0) is 25.2 Å². The molecule has 0 saturated carbocycles. The molecule has 1 N–H and O–H groups in total. The summed E-state index contributed by atoms with van der Waals surface area (Å²) < 4.78 is 4.19. The lowest BCUT2D eigenvalue weighted by Crippen LogP contribution is -2.11. The van der Waals surface area contributed by atoms with Crippen LogP contribution < -0.4 is 5.32 Å². The zero-order valence-electron chi connectivity index (χ0n) is 11.3. The van der Waals surface area contributed by atoms with Crippen molar-refractivity contribution < 1.29 is 0 Å². The van der Waals surface area contributed by atoms with Crippen molar-refractivity contribution in [3.8, 4) is 0 Å². The van der Waals surface area contributed by atoms with Gasteiger partial charge in [0.25, 0.3) is 0 Å². The smallest absolute Gasteiger partial charge is 0.0900 e. The summed E-state index contributed by atoms with van der Waals surface area (Å²) in [5.74, 6) is 0. The normalized spacial score (nSPS) is 11.3. The summed E-state index contributed by atoms with van der Waals surface area (Å²) in [6, 6.07) is 12.6. The third-order valence-electron chi connectivity index (χ3n) is 3.44. The Morgan fingerprint density at radius 2 is 2.00 bits per heavy atom. The lowest BCUT2D eigenvalue weighted by Gasteiger charge is -2.07. The van der Waals surface area contributed by atoms with E-state index in [1.54, 1.807) is 0 Å². The largest absolute Gasteiger partial charge is 0.344 e. The predicted molar refractivity (Wildman–Crippen MR) is 77.0 cm³/mol. The molecule has 0 aliphatic rings. The first-order chi connectivity index (χ1) is 9.29. The maximum absolute atomic E-state index is 4.64. The summed E-state index contributed by atoms with van der Waals surface area (Å²) in [5.41, 5.74) is 3.57. The molecule has 0 atom stereocenters. The minimum atomic E-state index is 0.811. The van der Waals surface area contributed by atoms with Crippen LogP contribution in [0.5, 0.6) is 0 Å². The SMILES string of the molecule is CNCc1cccn1Cc1nn(C)c2ccccc12. The first-order valence-electron chi connectivity index (χ1n) is 6.49. The Balaban J connectivity index is 1.99. The molecule has 0 amide bonds. The zero-order valence-corrected chi connectivity index (χ0v) is 11.3. The van der Waals surface area contributed by atoms with Gasteiger partial charge in [-0.2, -0.15) is 5.10 Å². The molecular formula is C15H18N4. The molecule has 3 rings (SSSR count). The summed E-state index contributed by atoms with van der Waals surface area (Å²) >= 11 is 0. The van der Waals surface area contributed by atoms with Gasteiger partial charge in [0.1, 0.15) is 0 Å². The van der Waals surface area contributed by atoms with Crippen molar-refractivity contribution in [2.75, 3.05) is 7.05 Å². The van der Waals surface area contributed by atoms with E-state index in [1.165, 1.54) is 16.6 Å². The second-order valence-electron chi connectivity index (χ2n) is 4.75. The quantitative estimate of drug-likeness (QED) is 0.774. The van der Waals surface area contributed by atoms with Crippen molar-refractivity contribution in [1.29, 1.82) is 0 Å². The van der Waals surface area contributed by atoms with Crippen LogP contribution in [0.15, 0.2) is 42.6 Å². The predicted octanol–water partition coefficient (Wildman–Crippen LogP) is 2.14. The molecular weight excluding hydrogens is 236 g/mol. The monoisotopic (exact) mass is 254 g/mol. The van der Waals surface area contributed by atoms with Gasteiger partial charge in [0.2, 0.25) is 0 Å². The van der Waals surface area contributed by atoms with Gasteiger partial charge in [-0.15, -0.1) is 0 Å². The van der Waals surface area contributed by atoms with Crippen LogP contribution in [0.4, 0.5) is 0 Å². The number of benzene rings is 1. The van der Waals surface area contributed by atoms with Gasteiger partial charge in [-0.25, -0.2) is 0 Å². The molecule has 19 heavy (non-hydrogen) atoms.